The van der Waals surface area contributed by atoms with Crippen molar-refractivity contribution in [1.82, 2.24) is 4.90 Å². The Hall–Kier alpha value is -1.49. The van der Waals surface area contributed by atoms with E-state index < -0.39 is 17.7 Å². The standard InChI is InChI=1S/C14H20F2N2O/c1-4-5-13(17)14(19)18(3)9(2)10-6-7-11(15)12(16)8-10/h6-9,13H,4-5,17H2,1-3H3/t9?,13-/m1/s1. The third-order valence-electron chi connectivity index (χ3n) is 3.27. The van der Waals surface area contributed by atoms with Crippen molar-refractivity contribution in [3.05, 3.63) is 35.4 Å². The van der Waals surface area contributed by atoms with Gasteiger partial charge in [-0.1, -0.05) is 19.4 Å². The molecular weight excluding hydrogens is 250 g/mol. The smallest absolute Gasteiger partial charge is 0.239 e. The molecule has 0 aliphatic rings. The average molecular weight is 270 g/mol. The summed E-state index contributed by atoms with van der Waals surface area (Å²) in [5, 5.41) is 0. The van der Waals surface area contributed by atoms with E-state index in [-0.39, 0.29) is 11.9 Å². The summed E-state index contributed by atoms with van der Waals surface area (Å²) in [6, 6.07) is 2.73. The van der Waals surface area contributed by atoms with Crippen molar-refractivity contribution in [2.75, 3.05) is 7.05 Å². The zero-order valence-electron chi connectivity index (χ0n) is 11.5. The summed E-state index contributed by atoms with van der Waals surface area (Å²) >= 11 is 0. The van der Waals surface area contributed by atoms with E-state index in [1.54, 1.807) is 14.0 Å². The first-order valence-electron chi connectivity index (χ1n) is 6.35. The second-order valence-electron chi connectivity index (χ2n) is 4.69. The molecule has 19 heavy (non-hydrogen) atoms. The number of nitrogens with zero attached hydrogens (tertiary/aromatic N) is 1. The van der Waals surface area contributed by atoms with Crippen LogP contribution < -0.4 is 5.73 Å². The van der Waals surface area contributed by atoms with Gasteiger partial charge in [-0.2, -0.15) is 0 Å². The summed E-state index contributed by atoms with van der Waals surface area (Å²) in [5.41, 5.74) is 6.31. The van der Waals surface area contributed by atoms with Gasteiger partial charge in [0.05, 0.1) is 12.1 Å². The number of carbonyl (C=O) groups is 1. The number of hydrogen-bond donors (Lipinski definition) is 1. The molecule has 0 radical (unpaired) electrons. The van der Waals surface area contributed by atoms with Crippen LogP contribution >= 0.6 is 0 Å². The van der Waals surface area contributed by atoms with E-state index in [0.29, 0.717) is 12.0 Å². The maximum Gasteiger partial charge on any atom is 0.239 e. The van der Waals surface area contributed by atoms with Crippen molar-refractivity contribution in [3.8, 4) is 0 Å². The third-order valence-corrected chi connectivity index (χ3v) is 3.27. The Morgan fingerprint density at radius 1 is 1.37 bits per heavy atom. The minimum absolute atomic E-state index is 0.195. The number of halogens is 2. The van der Waals surface area contributed by atoms with E-state index in [0.717, 1.165) is 18.6 Å². The molecule has 0 heterocycles. The van der Waals surface area contributed by atoms with Gasteiger partial charge >= 0.3 is 0 Å². The highest BCUT2D eigenvalue weighted by Gasteiger charge is 2.22. The molecule has 0 aliphatic heterocycles. The Balaban J connectivity index is 2.83. The number of rotatable bonds is 5. The Morgan fingerprint density at radius 2 is 2.00 bits per heavy atom. The van der Waals surface area contributed by atoms with Gasteiger partial charge in [-0.25, -0.2) is 8.78 Å². The van der Waals surface area contributed by atoms with Crippen LogP contribution in [-0.2, 0) is 4.79 Å². The fourth-order valence-electron chi connectivity index (χ4n) is 1.88. The average Bonchev–Trinajstić information content (AvgIpc) is 2.39. The van der Waals surface area contributed by atoms with Crippen LogP contribution in [0, 0.1) is 11.6 Å². The van der Waals surface area contributed by atoms with Gasteiger partial charge in [-0.3, -0.25) is 4.79 Å². The van der Waals surface area contributed by atoms with Gasteiger partial charge in [0.25, 0.3) is 0 Å². The van der Waals surface area contributed by atoms with Crippen molar-refractivity contribution in [2.45, 2.75) is 38.8 Å². The Labute approximate surface area is 112 Å². The van der Waals surface area contributed by atoms with Crippen molar-refractivity contribution < 1.29 is 13.6 Å². The van der Waals surface area contributed by atoms with Gasteiger partial charge in [0.1, 0.15) is 0 Å². The van der Waals surface area contributed by atoms with Crippen LogP contribution in [0.4, 0.5) is 8.78 Å². The Morgan fingerprint density at radius 3 is 2.53 bits per heavy atom. The summed E-state index contributed by atoms with van der Waals surface area (Å²) in [4.78, 5) is 13.5. The van der Waals surface area contributed by atoms with Crippen molar-refractivity contribution in [3.63, 3.8) is 0 Å². The first-order valence-corrected chi connectivity index (χ1v) is 6.35. The summed E-state index contributed by atoms with van der Waals surface area (Å²) < 4.78 is 26.1. The van der Waals surface area contributed by atoms with Crippen LogP contribution in [0.2, 0.25) is 0 Å². The topological polar surface area (TPSA) is 46.3 Å². The normalized spacial score (nSPS) is 14.0. The van der Waals surface area contributed by atoms with Crippen LogP contribution in [0.1, 0.15) is 38.3 Å². The number of carbonyl (C=O) groups excluding carboxylic acids is 1. The van der Waals surface area contributed by atoms with Crippen molar-refractivity contribution in [1.29, 1.82) is 0 Å². The summed E-state index contributed by atoms with van der Waals surface area (Å²) in [6.07, 6.45) is 1.42. The zero-order chi connectivity index (χ0) is 14.6. The minimum Gasteiger partial charge on any atom is -0.338 e. The number of nitrogens with two attached hydrogens (primary N) is 1. The fraction of sp³-hybridized carbons (Fsp3) is 0.500. The van der Waals surface area contributed by atoms with E-state index in [9.17, 15) is 13.6 Å². The molecule has 0 aliphatic carbocycles. The van der Waals surface area contributed by atoms with Gasteiger partial charge in [-0.15, -0.1) is 0 Å². The maximum atomic E-state index is 13.2. The highest BCUT2D eigenvalue weighted by Crippen LogP contribution is 2.21. The molecule has 0 bridgehead atoms. The van der Waals surface area contributed by atoms with Gasteiger partial charge in [-0.05, 0) is 31.0 Å². The molecule has 1 aromatic rings. The largest absolute Gasteiger partial charge is 0.338 e. The highest BCUT2D eigenvalue weighted by atomic mass is 19.2. The van der Waals surface area contributed by atoms with Gasteiger partial charge < -0.3 is 10.6 Å². The number of benzene rings is 1. The molecule has 3 nitrogen and oxygen atoms in total. The second kappa shape index (κ2) is 6.61. The number of likely N-dealkylation sites (N-methyl/N-ethyl adjacent to an activating group) is 1. The van der Waals surface area contributed by atoms with Crippen molar-refractivity contribution in [2.24, 2.45) is 5.73 Å². The van der Waals surface area contributed by atoms with Crippen LogP contribution in [0.15, 0.2) is 18.2 Å². The molecule has 5 heteroatoms. The minimum atomic E-state index is -0.914. The molecule has 1 rings (SSSR count). The summed E-state index contributed by atoms with van der Waals surface area (Å²) in [5.74, 6) is -2.00. The molecule has 0 saturated carbocycles. The number of hydrogen-bond acceptors (Lipinski definition) is 2. The molecule has 2 N–H and O–H groups in total. The van der Waals surface area contributed by atoms with Gasteiger partial charge in [0, 0.05) is 7.05 Å². The fourth-order valence-corrected chi connectivity index (χ4v) is 1.88. The predicted octanol–water partition coefficient (Wildman–Crippen LogP) is 2.61. The molecule has 106 valence electrons. The first kappa shape index (κ1) is 15.6. The first-order chi connectivity index (χ1) is 8.88. The molecule has 1 unspecified atom stereocenters. The van der Waals surface area contributed by atoms with E-state index in [1.807, 2.05) is 6.92 Å². The molecule has 0 saturated heterocycles. The van der Waals surface area contributed by atoms with E-state index in [2.05, 4.69) is 0 Å². The lowest BCUT2D eigenvalue weighted by atomic mass is 10.1. The summed E-state index contributed by atoms with van der Waals surface area (Å²) in [6.45, 7) is 3.70. The van der Waals surface area contributed by atoms with E-state index in [4.69, 9.17) is 5.73 Å². The van der Waals surface area contributed by atoms with Gasteiger partial charge in [0.15, 0.2) is 11.6 Å². The zero-order valence-corrected chi connectivity index (χ0v) is 11.5. The van der Waals surface area contributed by atoms with Crippen LogP contribution in [-0.4, -0.2) is 23.9 Å². The molecule has 0 fully saturated rings. The molecule has 2 atom stereocenters. The molecular formula is C14H20F2N2O. The lowest BCUT2D eigenvalue weighted by Crippen LogP contribution is -2.42. The van der Waals surface area contributed by atoms with Gasteiger partial charge in [0.2, 0.25) is 5.91 Å². The lowest BCUT2D eigenvalue weighted by Gasteiger charge is -2.28. The molecule has 1 aromatic carbocycles. The Kier molecular flexibility index (Phi) is 5.42. The predicted molar refractivity (Wildman–Crippen MR) is 70.4 cm³/mol. The van der Waals surface area contributed by atoms with Crippen LogP contribution in [0.5, 0.6) is 0 Å². The highest BCUT2D eigenvalue weighted by molar-refractivity contribution is 5.81. The quantitative estimate of drug-likeness (QED) is 0.894. The van der Waals surface area contributed by atoms with Crippen LogP contribution in [0.3, 0.4) is 0 Å². The second-order valence-corrected chi connectivity index (χ2v) is 4.69. The van der Waals surface area contributed by atoms with Crippen molar-refractivity contribution >= 4 is 5.91 Å². The SMILES string of the molecule is CCC[C@@H](N)C(=O)N(C)C(C)c1ccc(F)c(F)c1. The monoisotopic (exact) mass is 270 g/mol. The Bertz CT molecular complexity index is 451. The third kappa shape index (κ3) is 3.73. The molecule has 0 aromatic heterocycles. The van der Waals surface area contributed by atoms with E-state index in [1.165, 1.54) is 11.0 Å². The maximum absolute atomic E-state index is 13.2. The lowest BCUT2D eigenvalue weighted by molar-refractivity contribution is -0.133. The summed E-state index contributed by atoms with van der Waals surface area (Å²) in [7, 11) is 1.61. The van der Waals surface area contributed by atoms with E-state index >= 15 is 0 Å². The van der Waals surface area contributed by atoms with Crippen LogP contribution in [0.25, 0.3) is 0 Å². The molecule has 0 spiro atoms. The molecule has 1 amide bonds. The number of amides is 1.